The standard InChI is InChI=1S/C11H18N2O/c1-9(8-12)5-6-11(14)10-4-2-3-7-13-10/h2-4,7,9,11,14H,5-6,8,12H2,1H3. The number of rotatable bonds is 5. The SMILES string of the molecule is CC(CN)CCC(O)c1ccccn1. The summed E-state index contributed by atoms with van der Waals surface area (Å²) < 4.78 is 0. The zero-order valence-corrected chi connectivity index (χ0v) is 8.56. The molecule has 0 aromatic carbocycles. The van der Waals surface area contributed by atoms with Crippen LogP contribution in [-0.2, 0) is 0 Å². The summed E-state index contributed by atoms with van der Waals surface area (Å²) in [5, 5.41) is 9.76. The summed E-state index contributed by atoms with van der Waals surface area (Å²) in [6.45, 7) is 2.76. The van der Waals surface area contributed by atoms with Gasteiger partial charge in [0.15, 0.2) is 0 Å². The van der Waals surface area contributed by atoms with Crippen molar-refractivity contribution >= 4 is 0 Å². The van der Waals surface area contributed by atoms with Crippen LogP contribution in [0.15, 0.2) is 24.4 Å². The molecular weight excluding hydrogens is 176 g/mol. The second-order valence-electron chi connectivity index (χ2n) is 3.69. The average Bonchev–Trinajstić information content (AvgIpc) is 2.26. The van der Waals surface area contributed by atoms with Crippen LogP contribution in [0.5, 0.6) is 0 Å². The Bertz CT molecular complexity index is 251. The van der Waals surface area contributed by atoms with Crippen molar-refractivity contribution in [3.05, 3.63) is 30.1 Å². The van der Waals surface area contributed by atoms with Crippen molar-refractivity contribution in [2.75, 3.05) is 6.54 Å². The van der Waals surface area contributed by atoms with Crippen molar-refractivity contribution in [1.29, 1.82) is 0 Å². The maximum atomic E-state index is 9.76. The maximum absolute atomic E-state index is 9.76. The first-order chi connectivity index (χ1) is 6.74. The van der Waals surface area contributed by atoms with Crippen LogP contribution in [0.1, 0.15) is 31.6 Å². The molecule has 78 valence electrons. The molecule has 0 aliphatic heterocycles. The average molecular weight is 194 g/mol. The van der Waals surface area contributed by atoms with E-state index in [2.05, 4.69) is 11.9 Å². The molecule has 2 unspecified atom stereocenters. The zero-order valence-electron chi connectivity index (χ0n) is 8.56. The van der Waals surface area contributed by atoms with E-state index in [1.165, 1.54) is 0 Å². The van der Waals surface area contributed by atoms with E-state index in [4.69, 9.17) is 5.73 Å². The van der Waals surface area contributed by atoms with Crippen LogP contribution < -0.4 is 5.73 Å². The maximum Gasteiger partial charge on any atom is 0.0959 e. The van der Waals surface area contributed by atoms with E-state index in [0.717, 1.165) is 18.5 Å². The summed E-state index contributed by atoms with van der Waals surface area (Å²) in [5.41, 5.74) is 6.25. The van der Waals surface area contributed by atoms with Gasteiger partial charge in [0.1, 0.15) is 0 Å². The molecule has 0 radical (unpaired) electrons. The van der Waals surface area contributed by atoms with Gasteiger partial charge in [-0.15, -0.1) is 0 Å². The Labute approximate surface area is 85.0 Å². The second kappa shape index (κ2) is 5.73. The molecule has 0 spiro atoms. The Morgan fingerprint density at radius 3 is 2.79 bits per heavy atom. The van der Waals surface area contributed by atoms with Crippen molar-refractivity contribution in [3.63, 3.8) is 0 Å². The summed E-state index contributed by atoms with van der Waals surface area (Å²) in [5.74, 6) is 0.466. The van der Waals surface area contributed by atoms with Gasteiger partial charge in [-0.1, -0.05) is 13.0 Å². The molecule has 2 atom stereocenters. The Hall–Kier alpha value is -0.930. The van der Waals surface area contributed by atoms with Gasteiger partial charge in [0.2, 0.25) is 0 Å². The summed E-state index contributed by atoms with van der Waals surface area (Å²) in [7, 11) is 0. The highest BCUT2D eigenvalue weighted by Gasteiger charge is 2.09. The molecule has 0 fully saturated rings. The van der Waals surface area contributed by atoms with Crippen LogP contribution in [0.2, 0.25) is 0 Å². The first-order valence-electron chi connectivity index (χ1n) is 5.03. The van der Waals surface area contributed by atoms with Gasteiger partial charge in [0.05, 0.1) is 11.8 Å². The number of hydrogen-bond acceptors (Lipinski definition) is 3. The topological polar surface area (TPSA) is 59.1 Å². The van der Waals surface area contributed by atoms with E-state index in [0.29, 0.717) is 12.5 Å². The van der Waals surface area contributed by atoms with Crippen LogP contribution in [0.4, 0.5) is 0 Å². The number of aliphatic hydroxyl groups excluding tert-OH is 1. The van der Waals surface area contributed by atoms with Gasteiger partial charge in [0, 0.05) is 6.20 Å². The van der Waals surface area contributed by atoms with E-state index in [1.807, 2.05) is 18.2 Å². The van der Waals surface area contributed by atoms with Gasteiger partial charge in [-0.25, -0.2) is 0 Å². The summed E-state index contributed by atoms with van der Waals surface area (Å²) in [6.07, 6.45) is 2.92. The molecule has 3 nitrogen and oxygen atoms in total. The third-order valence-corrected chi connectivity index (χ3v) is 2.36. The normalized spacial score (nSPS) is 15.1. The second-order valence-corrected chi connectivity index (χ2v) is 3.69. The largest absolute Gasteiger partial charge is 0.387 e. The summed E-state index contributed by atoms with van der Waals surface area (Å²) in [6, 6.07) is 5.58. The highest BCUT2D eigenvalue weighted by molar-refractivity contribution is 5.06. The summed E-state index contributed by atoms with van der Waals surface area (Å²) >= 11 is 0. The van der Waals surface area contributed by atoms with Gasteiger partial charge in [-0.2, -0.15) is 0 Å². The fraction of sp³-hybridized carbons (Fsp3) is 0.545. The number of nitrogens with zero attached hydrogens (tertiary/aromatic N) is 1. The quantitative estimate of drug-likeness (QED) is 0.746. The Kier molecular flexibility index (Phi) is 4.56. The number of nitrogens with two attached hydrogens (primary N) is 1. The smallest absolute Gasteiger partial charge is 0.0959 e. The van der Waals surface area contributed by atoms with E-state index >= 15 is 0 Å². The minimum Gasteiger partial charge on any atom is -0.387 e. The van der Waals surface area contributed by atoms with Crippen molar-refractivity contribution in [1.82, 2.24) is 4.98 Å². The Morgan fingerprint density at radius 1 is 1.43 bits per heavy atom. The minimum absolute atomic E-state index is 0.454. The lowest BCUT2D eigenvalue weighted by atomic mass is 10.0. The number of pyridine rings is 1. The fourth-order valence-electron chi connectivity index (χ4n) is 1.28. The molecule has 1 aromatic rings. The molecule has 14 heavy (non-hydrogen) atoms. The minimum atomic E-state index is -0.454. The molecule has 1 rings (SSSR count). The lowest BCUT2D eigenvalue weighted by molar-refractivity contribution is 0.154. The Balaban J connectivity index is 2.39. The highest BCUT2D eigenvalue weighted by Crippen LogP contribution is 2.18. The molecule has 3 N–H and O–H groups in total. The van der Waals surface area contributed by atoms with E-state index in [9.17, 15) is 5.11 Å². The summed E-state index contributed by atoms with van der Waals surface area (Å²) in [4.78, 5) is 4.10. The van der Waals surface area contributed by atoms with Gasteiger partial charge in [0.25, 0.3) is 0 Å². The molecule has 0 bridgehead atoms. The van der Waals surface area contributed by atoms with Crippen LogP contribution in [-0.4, -0.2) is 16.6 Å². The van der Waals surface area contributed by atoms with E-state index in [-0.39, 0.29) is 0 Å². The molecule has 0 aliphatic rings. The molecule has 0 saturated carbocycles. The zero-order chi connectivity index (χ0) is 10.4. The molecule has 0 aliphatic carbocycles. The number of aliphatic hydroxyl groups is 1. The molecule has 3 heteroatoms. The van der Waals surface area contributed by atoms with Crippen LogP contribution in [0, 0.1) is 5.92 Å². The van der Waals surface area contributed by atoms with Crippen molar-refractivity contribution in [3.8, 4) is 0 Å². The number of aromatic nitrogens is 1. The van der Waals surface area contributed by atoms with E-state index in [1.54, 1.807) is 6.20 Å². The monoisotopic (exact) mass is 194 g/mol. The molecule has 1 aromatic heterocycles. The molecular formula is C11H18N2O. The lowest BCUT2D eigenvalue weighted by Gasteiger charge is -2.12. The predicted molar refractivity (Wildman–Crippen MR) is 56.6 cm³/mol. The van der Waals surface area contributed by atoms with Crippen molar-refractivity contribution in [2.45, 2.75) is 25.9 Å². The Morgan fingerprint density at radius 2 is 2.21 bits per heavy atom. The highest BCUT2D eigenvalue weighted by atomic mass is 16.3. The fourth-order valence-corrected chi connectivity index (χ4v) is 1.28. The number of hydrogen-bond donors (Lipinski definition) is 2. The van der Waals surface area contributed by atoms with Crippen molar-refractivity contribution < 1.29 is 5.11 Å². The van der Waals surface area contributed by atoms with E-state index < -0.39 is 6.10 Å². The van der Waals surface area contributed by atoms with Gasteiger partial charge in [-0.3, -0.25) is 4.98 Å². The van der Waals surface area contributed by atoms with Crippen LogP contribution in [0.3, 0.4) is 0 Å². The van der Waals surface area contributed by atoms with Gasteiger partial charge in [-0.05, 0) is 37.4 Å². The third-order valence-electron chi connectivity index (χ3n) is 2.36. The molecule has 0 amide bonds. The first-order valence-corrected chi connectivity index (χ1v) is 5.03. The van der Waals surface area contributed by atoms with Gasteiger partial charge >= 0.3 is 0 Å². The predicted octanol–water partition coefficient (Wildman–Crippen LogP) is 1.49. The first kappa shape index (κ1) is 11.1. The lowest BCUT2D eigenvalue weighted by Crippen LogP contribution is -2.12. The molecule has 1 heterocycles. The van der Waals surface area contributed by atoms with Crippen LogP contribution in [0.25, 0.3) is 0 Å². The molecule has 0 saturated heterocycles. The third kappa shape index (κ3) is 3.44. The van der Waals surface area contributed by atoms with Gasteiger partial charge < -0.3 is 10.8 Å². The van der Waals surface area contributed by atoms with Crippen molar-refractivity contribution in [2.24, 2.45) is 11.7 Å². The van der Waals surface area contributed by atoms with Crippen LogP contribution >= 0.6 is 0 Å².